The third-order valence-corrected chi connectivity index (χ3v) is 7.12. The number of anilines is 2. The number of thiocarbonyl (C=S) groups is 1. The van der Waals surface area contributed by atoms with E-state index >= 15 is 0 Å². The summed E-state index contributed by atoms with van der Waals surface area (Å²) in [6, 6.07) is 22.8. The van der Waals surface area contributed by atoms with Crippen LogP contribution >= 0.6 is 12.2 Å². The maximum Gasteiger partial charge on any atom is 0.255 e. The maximum absolute atomic E-state index is 13.6. The topological polar surface area (TPSA) is 72.1 Å². The smallest absolute Gasteiger partial charge is 0.255 e. The van der Waals surface area contributed by atoms with Gasteiger partial charge in [0.2, 0.25) is 6.79 Å². The Labute approximate surface area is 235 Å². The van der Waals surface area contributed by atoms with Gasteiger partial charge in [-0.05, 0) is 71.9 Å². The van der Waals surface area contributed by atoms with Crippen LogP contribution in [0.15, 0.2) is 85.4 Å². The summed E-state index contributed by atoms with van der Waals surface area (Å²) in [6.45, 7) is 4.98. The molecule has 0 saturated carbocycles. The van der Waals surface area contributed by atoms with Crippen LogP contribution in [0.5, 0.6) is 17.2 Å². The number of nitrogens with one attached hydrogen (secondary N) is 2. The first-order chi connectivity index (χ1) is 19.4. The predicted molar refractivity (Wildman–Crippen MR) is 156 cm³/mol. The van der Waals surface area contributed by atoms with Crippen molar-refractivity contribution in [2.75, 3.05) is 24.5 Å². The molecule has 2 heterocycles. The summed E-state index contributed by atoms with van der Waals surface area (Å²) in [5.74, 6) is 1.23. The van der Waals surface area contributed by atoms with E-state index in [0.29, 0.717) is 40.1 Å². The summed E-state index contributed by atoms with van der Waals surface area (Å²) in [6.07, 6.45) is 0. The number of amides is 1. The van der Waals surface area contributed by atoms with Gasteiger partial charge in [0.05, 0.1) is 19.3 Å². The first-order valence-corrected chi connectivity index (χ1v) is 12.9. The summed E-state index contributed by atoms with van der Waals surface area (Å²) in [4.78, 5) is 15.0. The van der Waals surface area contributed by atoms with E-state index < -0.39 is 0 Å². The van der Waals surface area contributed by atoms with Crippen molar-refractivity contribution in [1.82, 2.24) is 4.90 Å². The predicted octanol–water partition coefficient (Wildman–Crippen LogP) is 6.67. The van der Waals surface area contributed by atoms with Crippen LogP contribution in [0.1, 0.15) is 21.5 Å². The number of benzene rings is 4. The molecule has 0 spiro atoms. The zero-order valence-corrected chi connectivity index (χ0v) is 22.3. The molecule has 0 fully saturated rings. The maximum atomic E-state index is 13.6. The molecule has 7 nitrogen and oxygen atoms in total. The van der Waals surface area contributed by atoms with Crippen LogP contribution in [-0.2, 0) is 6.54 Å². The van der Waals surface area contributed by atoms with Gasteiger partial charge in [0, 0.05) is 34.1 Å². The molecule has 0 saturated heterocycles. The molecule has 0 aromatic heterocycles. The van der Waals surface area contributed by atoms with E-state index in [4.69, 9.17) is 26.4 Å². The molecule has 9 heteroatoms. The molecule has 0 aliphatic carbocycles. The van der Waals surface area contributed by atoms with E-state index in [1.54, 1.807) is 30.3 Å². The first kappa shape index (κ1) is 25.4. The molecule has 4 aromatic rings. The van der Waals surface area contributed by atoms with Crippen LogP contribution < -0.4 is 24.8 Å². The molecule has 0 unspecified atom stereocenters. The Morgan fingerprint density at radius 2 is 1.80 bits per heavy atom. The molecule has 4 aromatic carbocycles. The molecule has 0 bridgehead atoms. The molecular weight excluding hydrogens is 529 g/mol. The van der Waals surface area contributed by atoms with Crippen molar-refractivity contribution in [3.05, 3.63) is 108 Å². The van der Waals surface area contributed by atoms with Crippen LogP contribution in [-0.4, -0.2) is 29.8 Å². The van der Waals surface area contributed by atoms with Crippen molar-refractivity contribution in [3.8, 4) is 28.4 Å². The molecule has 40 heavy (non-hydrogen) atoms. The minimum atomic E-state index is -0.370. The fourth-order valence-electron chi connectivity index (χ4n) is 4.72. The Bertz CT molecular complexity index is 1670. The van der Waals surface area contributed by atoms with E-state index in [2.05, 4.69) is 17.2 Å². The van der Waals surface area contributed by atoms with E-state index in [1.807, 2.05) is 41.3 Å². The standard InChI is InChI=1S/C31H24FN3O4S/c1-18-24-10-6-21(14-26(24)34-31(40)35(18)16-19-3-12-27-29(13-19)39-17-38-27)30(36)33-23-8-4-20(5-9-23)25-11-7-22(32)15-28(25)37-2/h3-15H,1,16-17H2,2H3,(H,33,36)(H,34,40). The Balaban J connectivity index is 1.16. The van der Waals surface area contributed by atoms with Crippen LogP contribution in [0.2, 0.25) is 0 Å². The van der Waals surface area contributed by atoms with Gasteiger partial charge in [0.1, 0.15) is 11.6 Å². The number of methoxy groups -OCH3 is 1. The average molecular weight is 554 g/mol. The number of fused-ring (bicyclic) bond motifs is 2. The fourth-order valence-corrected chi connectivity index (χ4v) is 5.00. The quantitative estimate of drug-likeness (QED) is 0.259. The van der Waals surface area contributed by atoms with Gasteiger partial charge in [0.25, 0.3) is 5.91 Å². The van der Waals surface area contributed by atoms with Crippen LogP contribution in [0, 0.1) is 5.82 Å². The lowest BCUT2D eigenvalue weighted by Gasteiger charge is -2.34. The zero-order chi connectivity index (χ0) is 27.8. The second kappa shape index (κ2) is 10.3. The number of hydrogen-bond acceptors (Lipinski definition) is 5. The van der Waals surface area contributed by atoms with Gasteiger partial charge in [-0.15, -0.1) is 0 Å². The largest absolute Gasteiger partial charge is 0.496 e. The van der Waals surface area contributed by atoms with E-state index in [0.717, 1.165) is 33.7 Å². The molecule has 0 radical (unpaired) electrons. The third kappa shape index (κ3) is 4.83. The average Bonchev–Trinajstić information content (AvgIpc) is 3.43. The fraction of sp³-hybridized carbons (Fsp3) is 0.0968. The molecule has 2 aliphatic heterocycles. The minimum absolute atomic E-state index is 0.217. The SMILES string of the molecule is C=C1c2ccc(C(=O)Nc3ccc(-c4ccc(F)cc4OC)cc3)cc2NC(=S)N1Cc1ccc2c(c1)OCO2. The lowest BCUT2D eigenvalue weighted by atomic mass is 10.0. The first-order valence-electron chi connectivity index (χ1n) is 12.5. The Morgan fingerprint density at radius 1 is 1.02 bits per heavy atom. The Hall–Kier alpha value is -4.89. The van der Waals surface area contributed by atoms with Crippen molar-refractivity contribution in [2.45, 2.75) is 6.54 Å². The van der Waals surface area contributed by atoms with Gasteiger partial charge in [-0.25, -0.2) is 4.39 Å². The molecule has 6 rings (SSSR count). The molecule has 200 valence electrons. The van der Waals surface area contributed by atoms with E-state index in [9.17, 15) is 9.18 Å². The highest BCUT2D eigenvalue weighted by atomic mass is 32.1. The Morgan fingerprint density at radius 3 is 2.60 bits per heavy atom. The van der Waals surface area contributed by atoms with Crippen LogP contribution in [0.3, 0.4) is 0 Å². The summed E-state index contributed by atoms with van der Waals surface area (Å²) in [5.41, 5.74) is 5.97. The van der Waals surface area contributed by atoms with Crippen LogP contribution in [0.25, 0.3) is 16.8 Å². The van der Waals surface area contributed by atoms with E-state index in [-0.39, 0.29) is 18.5 Å². The summed E-state index contributed by atoms with van der Waals surface area (Å²) in [5, 5.41) is 6.64. The summed E-state index contributed by atoms with van der Waals surface area (Å²) < 4.78 is 29.7. The van der Waals surface area contributed by atoms with Gasteiger partial charge in [-0.2, -0.15) is 0 Å². The van der Waals surface area contributed by atoms with Crippen molar-refractivity contribution in [2.24, 2.45) is 0 Å². The minimum Gasteiger partial charge on any atom is -0.496 e. The molecular formula is C31H24FN3O4S. The highest BCUT2D eigenvalue weighted by Crippen LogP contribution is 2.36. The highest BCUT2D eigenvalue weighted by molar-refractivity contribution is 7.80. The summed E-state index contributed by atoms with van der Waals surface area (Å²) >= 11 is 5.64. The second-order valence-electron chi connectivity index (χ2n) is 9.29. The number of nitrogens with zero attached hydrogens (tertiary/aromatic N) is 1. The van der Waals surface area contributed by atoms with Gasteiger partial charge >= 0.3 is 0 Å². The third-order valence-electron chi connectivity index (χ3n) is 6.80. The van der Waals surface area contributed by atoms with Crippen molar-refractivity contribution in [3.63, 3.8) is 0 Å². The number of ether oxygens (including phenoxy) is 3. The number of rotatable bonds is 6. The van der Waals surface area contributed by atoms with Gasteiger partial charge in [-0.3, -0.25) is 4.79 Å². The zero-order valence-electron chi connectivity index (χ0n) is 21.5. The molecule has 2 N–H and O–H groups in total. The van der Waals surface area contributed by atoms with Crippen molar-refractivity contribution in [1.29, 1.82) is 0 Å². The summed E-state index contributed by atoms with van der Waals surface area (Å²) in [7, 11) is 1.50. The number of hydrogen-bond donors (Lipinski definition) is 2. The number of carbonyl (C=O) groups is 1. The van der Waals surface area contributed by atoms with Crippen molar-refractivity contribution < 1.29 is 23.4 Å². The molecule has 0 atom stereocenters. The van der Waals surface area contributed by atoms with E-state index in [1.165, 1.54) is 19.2 Å². The Kier molecular flexibility index (Phi) is 6.57. The van der Waals surface area contributed by atoms with Gasteiger partial charge in [0.15, 0.2) is 16.6 Å². The van der Waals surface area contributed by atoms with Crippen LogP contribution in [0.4, 0.5) is 15.8 Å². The lowest BCUT2D eigenvalue weighted by molar-refractivity contribution is 0.102. The van der Waals surface area contributed by atoms with Crippen molar-refractivity contribution >= 4 is 40.3 Å². The molecule has 1 amide bonds. The molecule has 2 aliphatic rings. The monoisotopic (exact) mass is 553 g/mol. The number of carbonyl (C=O) groups excluding carboxylic acids is 1. The van der Waals surface area contributed by atoms with Gasteiger partial charge in [-0.1, -0.05) is 30.8 Å². The normalized spacial score (nSPS) is 13.5. The van der Waals surface area contributed by atoms with Gasteiger partial charge < -0.3 is 29.7 Å². The second-order valence-corrected chi connectivity index (χ2v) is 9.67. The highest BCUT2D eigenvalue weighted by Gasteiger charge is 2.25. The number of halogens is 1. The lowest BCUT2D eigenvalue weighted by Crippen LogP contribution is -2.36.